The second-order valence-electron chi connectivity index (χ2n) is 6.54. The SMILES string of the molecule is N#C/C(=C\c1ccc2noc(-c3ccc(Cl)cc3)c2c1)C(=O)Nc1ccc(Cl)cc1Cl. The van der Waals surface area contributed by atoms with Gasteiger partial charge in [0.1, 0.15) is 17.2 Å². The molecule has 1 heterocycles. The van der Waals surface area contributed by atoms with Crippen LogP contribution in [-0.2, 0) is 4.79 Å². The Bertz CT molecular complexity index is 1370. The summed E-state index contributed by atoms with van der Waals surface area (Å²) in [5.41, 5.74) is 2.37. The number of amides is 1. The fourth-order valence-electron chi connectivity index (χ4n) is 2.95. The molecule has 8 heteroatoms. The lowest BCUT2D eigenvalue weighted by atomic mass is 10.0. The molecular weight excluding hydrogens is 457 g/mol. The van der Waals surface area contributed by atoms with Crippen LogP contribution in [0.15, 0.2) is 70.8 Å². The molecule has 0 aliphatic heterocycles. The first-order chi connectivity index (χ1) is 14.9. The van der Waals surface area contributed by atoms with Crippen molar-refractivity contribution in [3.8, 4) is 17.4 Å². The zero-order valence-electron chi connectivity index (χ0n) is 15.7. The lowest BCUT2D eigenvalue weighted by molar-refractivity contribution is -0.112. The van der Waals surface area contributed by atoms with Crippen LogP contribution in [0.1, 0.15) is 5.56 Å². The maximum atomic E-state index is 12.6. The van der Waals surface area contributed by atoms with E-state index in [1.165, 1.54) is 12.1 Å². The smallest absolute Gasteiger partial charge is 0.266 e. The molecule has 0 aliphatic rings. The highest BCUT2D eigenvalue weighted by Crippen LogP contribution is 2.31. The van der Waals surface area contributed by atoms with Crippen LogP contribution < -0.4 is 5.32 Å². The predicted octanol–water partition coefficient (Wildman–Crippen LogP) is 7.00. The van der Waals surface area contributed by atoms with Gasteiger partial charge in [0.25, 0.3) is 5.91 Å². The first-order valence-corrected chi connectivity index (χ1v) is 10.1. The molecule has 5 nitrogen and oxygen atoms in total. The maximum Gasteiger partial charge on any atom is 0.266 e. The molecule has 152 valence electrons. The number of nitriles is 1. The van der Waals surface area contributed by atoms with E-state index in [1.807, 2.05) is 18.2 Å². The molecule has 4 aromatic rings. The number of rotatable bonds is 4. The monoisotopic (exact) mass is 467 g/mol. The Balaban J connectivity index is 1.66. The molecule has 3 aromatic carbocycles. The first kappa shape index (κ1) is 21.0. The van der Waals surface area contributed by atoms with Crippen molar-refractivity contribution in [2.45, 2.75) is 0 Å². The molecular formula is C23H12Cl3N3O2. The Morgan fingerprint density at radius 1 is 1.00 bits per heavy atom. The Kier molecular flexibility index (Phi) is 5.97. The van der Waals surface area contributed by atoms with Crippen LogP contribution >= 0.6 is 34.8 Å². The lowest BCUT2D eigenvalue weighted by Crippen LogP contribution is -2.13. The number of nitrogens with zero attached hydrogens (tertiary/aromatic N) is 2. The number of carbonyl (C=O) groups is 1. The fraction of sp³-hybridized carbons (Fsp3) is 0. The van der Waals surface area contributed by atoms with Crippen molar-refractivity contribution in [3.05, 3.63) is 86.9 Å². The van der Waals surface area contributed by atoms with Gasteiger partial charge >= 0.3 is 0 Å². The van der Waals surface area contributed by atoms with Gasteiger partial charge < -0.3 is 9.84 Å². The van der Waals surface area contributed by atoms with Gasteiger partial charge in [0.15, 0.2) is 5.76 Å². The molecule has 0 aliphatic carbocycles. The van der Waals surface area contributed by atoms with Gasteiger partial charge in [-0.15, -0.1) is 0 Å². The highest BCUT2D eigenvalue weighted by atomic mass is 35.5. The minimum Gasteiger partial charge on any atom is -0.355 e. The summed E-state index contributed by atoms with van der Waals surface area (Å²) in [6.45, 7) is 0. The van der Waals surface area contributed by atoms with Gasteiger partial charge in [0, 0.05) is 15.6 Å². The largest absolute Gasteiger partial charge is 0.355 e. The summed E-state index contributed by atoms with van der Waals surface area (Å²) in [5.74, 6) is -0.0205. The molecule has 1 N–H and O–H groups in total. The Morgan fingerprint density at radius 2 is 1.74 bits per heavy atom. The molecule has 0 saturated carbocycles. The van der Waals surface area contributed by atoms with E-state index in [9.17, 15) is 10.1 Å². The zero-order chi connectivity index (χ0) is 22.0. The molecule has 0 spiro atoms. The van der Waals surface area contributed by atoms with Crippen LogP contribution in [0.2, 0.25) is 15.1 Å². The minimum absolute atomic E-state index is 0.0881. The summed E-state index contributed by atoms with van der Waals surface area (Å²) < 4.78 is 5.49. The summed E-state index contributed by atoms with van der Waals surface area (Å²) in [6, 6.07) is 19.1. The number of hydrogen-bond acceptors (Lipinski definition) is 4. The third kappa shape index (κ3) is 4.57. The van der Waals surface area contributed by atoms with Crippen molar-refractivity contribution < 1.29 is 9.32 Å². The van der Waals surface area contributed by atoms with Crippen LogP contribution in [0.4, 0.5) is 5.69 Å². The Hall–Kier alpha value is -3.30. The first-order valence-electron chi connectivity index (χ1n) is 8.98. The number of anilines is 1. The van der Waals surface area contributed by atoms with Crippen LogP contribution in [0.5, 0.6) is 0 Å². The van der Waals surface area contributed by atoms with E-state index in [1.54, 1.807) is 42.5 Å². The maximum absolute atomic E-state index is 12.6. The van der Waals surface area contributed by atoms with E-state index in [4.69, 9.17) is 39.3 Å². The third-order valence-corrected chi connectivity index (χ3v) is 5.26. The van der Waals surface area contributed by atoms with Gasteiger partial charge in [-0.3, -0.25) is 4.79 Å². The number of hydrogen-bond donors (Lipinski definition) is 1. The van der Waals surface area contributed by atoms with Gasteiger partial charge in [-0.2, -0.15) is 5.26 Å². The van der Waals surface area contributed by atoms with Gasteiger partial charge in [-0.25, -0.2) is 0 Å². The molecule has 0 unspecified atom stereocenters. The zero-order valence-corrected chi connectivity index (χ0v) is 18.0. The topological polar surface area (TPSA) is 78.9 Å². The van der Waals surface area contributed by atoms with Gasteiger partial charge in [0.05, 0.1) is 16.1 Å². The molecule has 0 saturated heterocycles. The molecule has 1 aromatic heterocycles. The second kappa shape index (κ2) is 8.83. The van der Waals surface area contributed by atoms with E-state index in [-0.39, 0.29) is 10.6 Å². The number of benzene rings is 3. The van der Waals surface area contributed by atoms with Crippen molar-refractivity contribution >= 4 is 63.4 Å². The third-order valence-electron chi connectivity index (χ3n) is 4.46. The predicted molar refractivity (Wildman–Crippen MR) is 123 cm³/mol. The van der Waals surface area contributed by atoms with Crippen LogP contribution in [-0.4, -0.2) is 11.1 Å². The number of halogens is 3. The van der Waals surface area contributed by atoms with E-state index in [0.717, 1.165) is 10.9 Å². The van der Waals surface area contributed by atoms with E-state index in [0.29, 0.717) is 32.6 Å². The summed E-state index contributed by atoms with van der Waals surface area (Å²) in [4.78, 5) is 12.6. The Morgan fingerprint density at radius 3 is 2.45 bits per heavy atom. The van der Waals surface area contributed by atoms with E-state index in [2.05, 4.69) is 10.5 Å². The molecule has 0 radical (unpaired) electrons. The van der Waals surface area contributed by atoms with Crippen LogP contribution in [0, 0.1) is 11.3 Å². The number of fused-ring (bicyclic) bond motifs is 1. The van der Waals surface area contributed by atoms with Crippen LogP contribution in [0.25, 0.3) is 28.3 Å². The molecule has 4 rings (SSSR count). The summed E-state index contributed by atoms with van der Waals surface area (Å²) in [6.07, 6.45) is 1.48. The summed E-state index contributed by atoms with van der Waals surface area (Å²) in [5, 5.41) is 18.3. The number of carbonyl (C=O) groups excluding carboxylic acids is 1. The molecule has 0 bridgehead atoms. The Labute approximate surface area is 192 Å². The van der Waals surface area contributed by atoms with E-state index < -0.39 is 5.91 Å². The summed E-state index contributed by atoms with van der Waals surface area (Å²) in [7, 11) is 0. The molecule has 1 amide bonds. The minimum atomic E-state index is -0.588. The average Bonchev–Trinajstić information content (AvgIpc) is 3.17. The van der Waals surface area contributed by atoms with Gasteiger partial charge in [-0.05, 0) is 66.2 Å². The van der Waals surface area contributed by atoms with Crippen molar-refractivity contribution in [1.29, 1.82) is 5.26 Å². The van der Waals surface area contributed by atoms with Crippen LogP contribution in [0.3, 0.4) is 0 Å². The van der Waals surface area contributed by atoms with Crippen molar-refractivity contribution in [3.63, 3.8) is 0 Å². The van der Waals surface area contributed by atoms with Crippen molar-refractivity contribution in [1.82, 2.24) is 5.16 Å². The van der Waals surface area contributed by atoms with Crippen molar-refractivity contribution in [2.24, 2.45) is 0 Å². The van der Waals surface area contributed by atoms with E-state index >= 15 is 0 Å². The lowest BCUT2D eigenvalue weighted by Gasteiger charge is -2.07. The highest BCUT2D eigenvalue weighted by molar-refractivity contribution is 6.37. The standard InChI is InChI=1S/C23H12Cl3N3O2/c24-16-4-2-14(3-5-16)22-18-10-13(1-7-20(18)29-31-22)9-15(12-27)23(30)28-21-8-6-17(25)11-19(21)26/h1-11H,(H,28,30)/b15-9+. The molecule has 31 heavy (non-hydrogen) atoms. The number of aromatic nitrogens is 1. The molecule has 0 fully saturated rings. The average molecular weight is 469 g/mol. The summed E-state index contributed by atoms with van der Waals surface area (Å²) >= 11 is 17.9. The van der Waals surface area contributed by atoms with Gasteiger partial charge in [0.2, 0.25) is 0 Å². The normalized spacial score (nSPS) is 11.4. The number of nitrogens with one attached hydrogen (secondary N) is 1. The van der Waals surface area contributed by atoms with Crippen molar-refractivity contribution in [2.75, 3.05) is 5.32 Å². The fourth-order valence-corrected chi connectivity index (χ4v) is 3.54. The molecule has 0 atom stereocenters. The highest BCUT2D eigenvalue weighted by Gasteiger charge is 2.14. The quantitative estimate of drug-likeness (QED) is 0.258. The second-order valence-corrected chi connectivity index (χ2v) is 7.82. The van der Waals surface area contributed by atoms with Gasteiger partial charge in [-0.1, -0.05) is 46.0 Å².